The lowest BCUT2D eigenvalue weighted by Crippen LogP contribution is -2.15. The normalized spacial score (nSPS) is 9.86. The SMILES string of the molecule is C=C(COC)NCc1cccc(Br)c1. The van der Waals surface area contributed by atoms with Crippen molar-refractivity contribution >= 4 is 15.9 Å². The summed E-state index contributed by atoms with van der Waals surface area (Å²) in [6.07, 6.45) is 0. The van der Waals surface area contributed by atoms with E-state index in [2.05, 4.69) is 40.0 Å². The van der Waals surface area contributed by atoms with Crippen molar-refractivity contribution < 1.29 is 4.74 Å². The third-order valence-corrected chi connectivity index (χ3v) is 2.24. The molecule has 0 unspecified atom stereocenters. The van der Waals surface area contributed by atoms with E-state index in [0.29, 0.717) is 6.61 Å². The number of hydrogen-bond acceptors (Lipinski definition) is 2. The number of ether oxygens (including phenoxy) is 1. The van der Waals surface area contributed by atoms with E-state index in [4.69, 9.17) is 4.74 Å². The van der Waals surface area contributed by atoms with Crippen molar-refractivity contribution in [3.05, 3.63) is 46.6 Å². The van der Waals surface area contributed by atoms with Gasteiger partial charge in [0.05, 0.1) is 6.61 Å². The molecule has 1 aromatic rings. The maximum atomic E-state index is 4.94. The molecule has 0 aliphatic carbocycles. The second-order valence-corrected chi connectivity index (χ2v) is 3.94. The number of methoxy groups -OCH3 is 1. The zero-order valence-electron chi connectivity index (χ0n) is 8.22. The van der Waals surface area contributed by atoms with E-state index in [-0.39, 0.29) is 0 Å². The van der Waals surface area contributed by atoms with Crippen LogP contribution in [0.5, 0.6) is 0 Å². The summed E-state index contributed by atoms with van der Waals surface area (Å²) < 4.78 is 6.04. The molecule has 3 heteroatoms. The van der Waals surface area contributed by atoms with Gasteiger partial charge in [-0.2, -0.15) is 0 Å². The predicted molar refractivity (Wildman–Crippen MR) is 62.0 cm³/mol. The molecule has 0 atom stereocenters. The Morgan fingerprint density at radius 2 is 2.36 bits per heavy atom. The van der Waals surface area contributed by atoms with E-state index in [1.54, 1.807) is 7.11 Å². The molecule has 0 spiro atoms. The Labute approximate surface area is 93.1 Å². The lowest BCUT2D eigenvalue weighted by Gasteiger charge is -2.08. The molecule has 1 N–H and O–H groups in total. The van der Waals surface area contributed by atoms with Crippen LogP contribution in [0.3, 0.4) is 0 Å². The molecule has 0 aromatic heterocycles. The number of benzene rings is 1. The smallest absolute Gasteiger partial charge is 0.0852 e. The van der Waals surface area contributed by atoms with Gasteiger partial charge in [0.2, 0.25) is 0 Å². The van der Waals surface area contributed by atoms with Gasteiger partial charge in [-0.15, -0.1) is 0 Å². The summed E-state index contributed by atoms with van der Waals surface area (Å²) in [5.41, 5.74) is 2.11. The van der Waals surface area contributed by atoms with E-state index in [9.17, 15) is 0 Å². The molecule has 0 aliphatic heterocycles. The average Bonchev–Trinajstić information content (AvgIpc) is 2.15. The van der Waals surface area contributed by atoms with Crippen molar-refractivity contribution in [2.24, 2.45) is 0 Å². The molecule has 0 saturated carbocycles. The highest BCUT2D eigenvalue weighted by Gasteiger charge is 1.95. The van der Waals surface area contributed by atoms with Gasteiger partial charge in [-0.25, -0.2) is 0 Å². The molecule has 0 fully saturated rings. The summed E-state index contributed by atoms with van der Waals surface area (Å²) >= 11 is 3.43. The third kappa shape index (κ3) is 3.94. The molecular weight excluding hydrogens is 242 g/mol. The number of hydrogen-bond donors (Lipinski definition) is 1. The first-order chi connectivity index (χ1) is 6.72. The van der Waals surface area contributed by atoms with Gasteiger partial charge in [-0.3, -0.25) is 0 Å². The Morgan fingerprint density at radius 1 is 1.57 bits per heavy atom. The molecule has 0 radical (unpaired) electrons. The predicted octanol–water partition coefficient (Wildman–Crippen LogP) is 2.70. The molecule has 0 bridgehead atoms. The number of rotatable bonds is 5. The minimum Gasteiger partial charge on any atom is -0.383 e. The van der Waals surface area contributed by atoms with E-state index in [1.165, 1.54) is 5.56 Å². The van der Waals surface area contributed by atoms with Gasteiger partial charge in [0.25, 0.3) is 0 Å². The topological polar surface area (TPSA) is 21.3 Å². The van der Waals surface area contributed by atoms with Crippen LogP contribution in [0.25, 0.3) is 0 Å². The van der Waals surface area contributed by atoms with Crippen molar-refractivity contribution in [2.75, 3.05) is 13.7 Å². The zero-order chi connectivity index (χ0) is 10.4. The highest BCUT2D eigenvalue weighted by atomic mass is 79.9. The fourth-order valence-corrected chi connectivity index (χ4v) is 1.55. The van der Waals surface area contributed by atoms with Gasteiger partial charge in [0.1, 0.15) is 0 Å². The fourth-order valence-electron chi connectivity index (χ4n) is 1.10. The van der Waals surface area contributed by atoms with Crippen LogP contribution in [-0.2, 0) is 11.3 Å². The van der Waals surface area contributed by atoms with Crippen LogP contribution in [0.15, 0.2) is 41.0 Å². The standard InChI is InChI=1S/C11H14BrNO/c1-9(8-14-2)13-7-10-4-3-5-11(12)6-10/h3-6,13H,1,7-8H2,2H3. The number of nitrogens with one attached hydrogen (secondary N) is 1. The summed E-state index contributed by atoms with van der Waals surface area (Å²) in [6.45, 7) is 5.16. The van der Waals surface area contributed by atoms with Crippen molar-refractivity contribution in [3.63, 3.8) is 0 Å². The number of halogens is 1. The van der Waals surface area contributed by atoms with Gasteiger partial charge < -0.3 is 10.1 Å². The third-order valence-electron chi connectivity index (χ3n) is 1.75. The lowest BCUT2D eigenvalue weighted by molar-refractivity contribution is 0.220. The van der Waals surface area contributed by atoms with Crippen LogP contribution in [0.2, 0.25) is 0 Å². The Morgan fingerprint density at radius 3 is 3.00 bits per heavy atom. The maximum absolute atomic E-state index is 4.94. The fraction of sp³-hybridized carbons (Fsp3) is 0.273. The summed E-state index contributed by atoms with van der Waals surface area (Å²) in [7, 11) is 1.66. The lowest BCUT2D eigenvalue weighted by atomic mass is 10.2. The van der Waals surface area contributed by atoms with Crippen LogP contribution < -0.4 is 5.32 Å². The first-order valence-corrected chi connectivity index (χ1v) is 5.16. The summed E-state index contributed by atoms with van der Waals surface area (Å²) in [5.74, 6) is 0. The first-order valence-electron chi connectivity index (χ1n) is 4.37. The summed E-state index contributed by atoms with van der Waals surface area (Å²) in [4.78, 5) is 0. The molecule has 76 valence electrons. The minimum atomic E-state index is 0.550. The Hall–Kier alpha value is -0.800. The van der Waals surface area contributed by atoms with Crippen LogP contribution in [0, 0.1) is 0 Å². The highest BCUT2D eigenvalue weighted by molar-refractivity contribution is 9.10. The monoisotopic (exact) mass is 255 g/mol. The molecule has 0 saturated heterocycles. The van der Waals surface area contributed by atoms with Crippen LogP contribution in [-0.4, -0.2) is 13.7 Å². The quantitative estimate of drug-likeness (QED) is 0.874. The summed E-state index contributed by atoms with van der Waals surface area (Å²) in [5, 5.41) is 3.19. The van der Waals surface area contributed by atoms with Gasteiger partial charge in [-0.05, 0) is 17.7 Å². The van der Waals surface area contributed by atoms with E-state index in [1.807, 2.05) is 12.1 Å². The Kier molecular flexibility index (Phi) is 4.70. The van der Waals surface area contributed by atoms with Crippen molar-refractivity contribution in [3.8, 4) is 0 Å². The van der Waals surface area contributed by atoms with E-state index >= 15 is 0 Å². The molecule has 0 heterocycles. The van der Waals surface area contributed by atoms with Crippen molar-refractivity contribution in [1.29, 1.82) is 0 Å². The van der Waals surface area contributed by atoms with Gasteiger partial charge in [-0.1, -0.05) is 34.6 Å². The van der Waals surface area contributed by atoms with Gasteiger partial charge in [0, 0.05) is 23.8 Å². The second-order valence-electron chi connectivity index (χ2n) is 3.02. The van der Waals surface area contributed by atoms with Crippen molar-refractivity contribution in [1.82, 2.24) is 5.32 Å². The van der Waals surface area contributed by atoms with Crippen LogP contribution in [0.4, 0.5) is 0 Å². The van der Waals surface area contributed by atoms with E-state index in [0.717, 1.165) is 16.7 Å². The highest BCUT2D eigenvalue weighted by Crippen LogP contribution is 2.11. The van der Waals surface area contributed by atoms with Crippen molar-refractivity contribution in [2.45, 2.75) is 6.54 Å². The first kappa shape index (κ1) is 11.3. The molecule has 1 rings (SSSR count). The molecule has 1 aromatic carbocycles. The van der Waals surface area contributed by atoms with Gasteiger partial charge in [0.15, 0.2) is 0 Å². The minimum absolute atomic E-state index is 0.550. The molecule has 0 amide bonds. The van der Waals surface area contributed by atoms with Crippen LogP contribution >= 0.6 is 15.9 Å². The second kappa shape index (κ2) is 5.83. The zero-order valence-corrected chi connectivity index (χ0v) is 9.80. The Bertz CT molecular complexity index is 312. The largest absolute Gasteiger partial charge is 0.383 e. The summed E-state index contributed by atoms with van der Waals surface area (Å²) in [6, 6.07) is 8.17. The maximum Gasteiger partial charge on any atom is 0.0852 e. The average molecular weight is 256 g/mol. The molecular formula is C11H14BrNO. The van der Waals surface area contributed by atoms with Gasteiger partial charge >= 0.3 is 0 Å². The Balaban J connectivity index is 2.41. The molecule has 14 heavy (non-hydrogen) atoms. The van der Waals surface area contributed by atoms with Crippen LogP contribution in [0.1, 0.15) is 5.56 Å². The molecule has 0 aliphatic rings. The molecule has 2 nitrogen and oxygen atoms in total. The van der Waals surface area contributed by atoms with E-state index < -0.39 is 0 Å².